The smallest absolute Gasteiger partial charge is 0.192 e. The molecule has 0 saturated carbocycles. The molecule has 4 heteroatoms. The van der Waals surface area contributed by atoms with Gasteiger partial charge in [0.15, 0.2) is 5.43 Å². The first-order valence-corrected chi connectivity index (χ1v) is 9.13. The van der Waals surface area contributed by atoms with Gasteiger partial charge in [0.05, 0.1) is 28.5 Å². The average Bonchev–Trinajstić information content (AvgIpc) is 2.69. The zero-order valence-corrected chi connectivity index (χ0v) is 16.8. The van der Waals surface area contributed by atoms with Gasteiger partial charge in [-0.1, -0.05) is 59.7 Å². The van der Waals surface area contributed by atoms with Gasteiger partial charge in [0.2, 0.25) is 0 Å². The second-order valence-corrected chi connectivity index (χ2v) is 8.99. The number of aromatic hydroxyl groups is 1. The van der Waals surface area contributed by atoms with Gasteiger partial charge in [-0.15, -0.1) is 0 Å². The maximum absolute atomic E-state index is 13.1. The van der Waals surface area contributed by atoms with Gasteiger partial charge in [-0.25, -0.2) is 4.98 Å². The number of aromatic nitrogens is 2. The fourth-order valence-corrected chi connectivity index (χ4v) is 3.06. The molecule has 27 heavy (non-hydrogen) atoms. The molecule has 1 aromatic heterocycles. The third kappa shape index (κ3) is 3.70. The summed E-state index contributed by atoms with van der Waals surface area (Å²) in [5.74, 6) is -0.0208. The summed E-state index contributed by atoms with van der Waals surface area (Å²) in [5, 5.41) is 11.1. The monoisotopic (exact) mass is 362 g/mol. The van der Waals surface area contributed by atoms with E-state index in [9.17, 15) is 9.90 Å². The Bertz CT molecular complexity index is 1070. The molecule has 0 radical (unpaired) electrons. The minimum Gasteiger partial charge on any atom is -0.507 e. The number of benzene rings is 1. The van der Waals surface area contributed by atoms with E-state index >= 15 is 0 Å². The molecule has 140 valence electrons. The van der Waals surface area contributed by atoms with Crippen LogP contribution >= 0.6 is 0 Å². The minimum atomic E-state index is -0.339. The molecule has 1 heterocycles. The van der Waals surface area contributed by atoms with Crippen molar-refractivity contribution in [1.29, 1.82) is 0 Å². The number of fused-ring (bicyclic) bond motifs is 1. The second kappa shape index (κ2) is 6.45. The number of rotatable bonds is 1. The van der Waals surface area contributed by atoms with Gasteiger partial charge in [-0.2, -0.15) is 0 Å². The lowest BCUT2D eigenvalue weighted by Crippen LogP contribution is -2.15. The van der Waals surface area contributed by atoms with Crippen LogP contribution in [0.3, 0.4) is 0 Å². The van der Waals surface area contributed by atoms with Crippen molar-refractivity contribution in [2.45, 2.75) is 52.4 Å². The Morgan fingerprint density at radius 2 is 1.52 bits per heavy atom. The number of nitrogens with zero attached hydrogens (tertiary/aromatic N) is 2. The highest BCUT2D eigenvalue weighted by atomic mass is 16.3. The third-order valence-electron chi connectivity index (χ3n) is 4.70. The van der Waals surface area contributed by atoms with E-state index in [0.29, 0.717) is 11.2 Å². The molecule has 0 saturated heterocycles. The molecule has 3 aromatic rings. The first kappa shape index (κ1) is 19.0. The molecular weight excluding hydrogens is 336 g/mol. The van der Waals surface area contributed by atoms with Gasteiger partial charge in [0.25, 0.3) is 0 Å². The Morgan fingerprint density at radius 1 is 0.889 bits per heavy atom. The van der Waals surface area contributed by atoms with Gasteiger partial charge in [-0.3, -0.25) is 9.78 Å². The second-order valence-electron chi connectivity index (χ2n) is 8.99. The number of hydrogen-bond donors (Lipinski definition) is 1. The van der Waals surface area contributed by atoms with E-state index in [1.807, 2.05) is 51.1 Å². The lowest BCUT2D eigenvalue weighted by atomic mass is 9.82. The van der Waals surface area contributed by atoms with Crippen LogP contribution in [0.1, 0.15) is 52.7 Å². The van der Waals surface area contributed by atoms with Gasteiger partial charge in [0.1, 0.15) is 5.75 Å². The first-order valence-electron chi connectivity index (χ1n) is 9.13. The van der Waals surface area contributed by atoms with Gasteiger partial charge < -0.3 is 5.11 Å². The molecule has 0 aliphatic carbocycles. The van der Waals surface area contributed by atoms with E-state index in [-0.39, 0.29) is 27.6 Å². The highest BCUT2D eigenvalue weighted by molar-refractivity contribution is 5.78. The molecule has 2 aromatic carbocycles. The van der Waals surface area contributed by atoms with Crippen LogP contribution in [-0.4, -0.2) is 15.1 Å². The summed E-state index contributed by atoms with van der Waals surface area (Å²) in [6, 6.07) is 11.0. The Kier molecular flexibility index (Phi) is 4.54. The summed E-state index contributed by atoms with van der Waals surface area (Å²) in [7, 11) is 0. The molecule has 3 rings (SSSR count). The fraction of sp³-hybridized carbons (Fsp3) is 0.348. The van der Waals surface area contributed by atoms with Crippen molar-refractivity contribution in [3.05, 3.63) is 63.9 Å². The van der Waals surface area contributed by atoms with E-state index in [2.05, 4.69) is 30.7 Å². The molecule has 0 atom stereocenters. The topological polar surface area (TPSA) is 63.1 Å². The van der Waals surface area contributed by atoms with Crippen molar-refractivity contribution in [2.24, 2.45) is 0 Å². The van der Waals surface area contributed by atoms with E-state index < -0.39 is 0 Å². The van der Waals surface area contributed by atoms with Crippen LogP contribution in [0.25, 0.3) is 22.3 Å². The van der Waals surface area contributed by atoms with Crippen molar-refractivity contribution in [1.82, 2.24) is 9.97 Å². The average molecular weight is 362 g/mol. The predicted octanol–water partition coefficient (Wildman–Crippen LogP) is 4.96. The minimum absolute atomic E-state index is 0.0208. The van der Waals surface area contributed by atoms with Crippen molar-refractivity contribution >= 4 is 11.0 Å². The van der Waals surface area contributed by atoms with Crippen molar-refractivity contribution in [2.75, 3.05) is 0 Å². The summed E-state index contributed by atoms with van der Waals surface area (Å²) in [6.07, 6.45) is 1.56. The van der Waals surface area contributed by atoms with Gasteiger partial charge in [-0.05, 0) is 34.6 Å². The maximum atomic E-state index is 13.1. The normalized spacial score (nSPS) is 12.4. The lowest BCUT2D eigenvalue weighted by molar-refractivity contribution is 0.448. The molecule has 0 amide bonds. The van der Waals surface area contributed by atoms with E-state index in [4.69, 9.17) is 0 Å². The van der Waals surface area contributed by atoms with E-state index in [1.54, 1.807) is 12.3 Å². The molecule has 0 bridgehead atoms. The zero-order chi connectivity index (χ0) is 20.0. The van der Waals surface area contributed by atoms with E-state index in [0.717, 1.165) is 16.6 Å². The van der Waals surface area contributed by atoms with Crippen molar-refractivity contribution in [3.63, 3.8) is 0 Å². The SMILES string of the molecule is CC(C)(C)c1cc(C(C)(C)C)c(O)c(-c2cnc3ccccc3n2)c(=O)c1. The van der Waals surface area contributed by atoms with Gasteiger partial charge in [0, 0.05) is 5.56 Å². The summed E-state index contributed by atoms with van der Waals surface area (Å²) in [4.78, 5) is 22.1. The van der Waals surface area contributed by atoms with E-state index in [1.165, 1.54) is 0 Å². The predicted molar refractivity (Wildman–Crippen MR) is 110 cm³/mol. The van der Waals surface area contributed by atoms with Crippen molar-refractivity contribution < 1.29 is 5.11 Å². The molecule has 0 spiro atoms. The summed E-state index contributed by atoms with van der Waals surface area (Å²) >= 11 is 0. The number of para-hydroxylation sites is 2. The van der Waals surface area contributed by atoms with Crippen LogP contribution in [0.15, 0.2) is 47.4 Å². The summed E-state index contributed by atoms with van der Waals surface area (Å²) in [5.41, 5.74) is 2.82. The molecule has 0 fully saturated rings. The molecular formula is C23H26N2O2. The van der Waals surface area contributed by atoms with Crippen LogP contribution in [0.5, 0.6) is 5.75 Å². The van der Waals surface area contributed by atoms with Crippen LogP contribution in [0, 0.1) is 0 Å². The first-order chi connectivity index (χ1) is 12.5. The van der Waals surface area contributed by atoms with Crippen LogP contribution < -0.4 is 5.43 Å². The Hall–Kier alpha value is -2.75. The Balaban J connectivity index is 2.41. The van der Waals surface area contributed by atoms with Crippen LogP contribution in [0.4, 0.5) is 0 Å². The van der Waals surface area contributed by atoms with Gasteiger partial charge >= 0.3 is 0 Å². The third-order valence-corrected chi connectivity index (χ3v) is 4.70. The number of hydrogen-bond acceptors (Lipinski definition) is 4. The van der Waals surface area contributed by atoms with Crippen LogP contribution in [-0.2, 0) is 10.8 Å². The molecule has 0 unspecified atom stereocenters. The molecule has 1 N–H and O–H groups in total. The van der Waals surface area contributed by atoms with Crippen molar-refractivity contribution in [3.8, 4) is 17.0 Å². The molecule has 4 nitrogen and oxygen atoms in total. The standard InChI is InChI=1S/C23H26N2O2/c1-22(2,3)14-11-15(23(4,5)6)21(27)20(19(26)12-14)18-13-24-16-9-7-8-10-17(16)25-18/h7-13,27H,1-6H3. The summed E-state index contributed by atoms with van der Waals surface area (Å²) < 4.78 is 0. The maximum Gasteiger partial charge on any atom is 0.192 e. The molecule has 0 aliphatic rings. The Labute approximate surface area is 159 Å². The highest BCUT2D eigenvalue weighted by Gasteiger charge is 2.26. The Morgan fingerprint density at radius 3 is 2.11 bits per heavy atom. The fourth-order valence-electron chi connectivity index (χ4n) is 3.06. The molecule has 0 aliphatic heterocycles. The lowest BCUT2D eigenvalue weighted by Gasteiger charge is -2.23. The summed E-state index contributed by atoms with van der Waals surface area (Å²) in [6.45, 7) is 12.2. The van der Waals surface area contributed by atoms with Crippen LogP contribution in [0.2, 0.25) is 0 Å². The highest BCUT2D eigenvalue weighted by Crippen LogP contribution is 2.37. The zero-order valence-electron chi connectivity index (χ0n) is 16.8. The largest absolute Gasteiger partial charge is 0.507 e. The quantitative estimate of drug-likeness (QED) is 0.665.